The molecule has 0 aliphatic rings. The molecule has 28 heavy (non-hydrogen) atoms. The van der Waals surface area contributed by atoms with E-state index in [9.17, 15) is 22.8 Å². The molecule has 0 aliphatic heterocycles. The van der Waals surface area contributed by atoms with Crippen LogP contribution in [0.4, 0.5) is 19.1 Å². The molecule has 0 spiro atoms. The molecule has 0 aliphatic carbocycles. The Labute approximate surface area is 165 Å². The highest BCUT2D eigenvalue weighted by molar-refractivity contribution is 6.42. The minimum absolute atomic E-state index is 0.00756. The molecule has 0 bridgehead atoms. The van der Waals surface area contributed by atoms with Gasteiger partial charge in [-0.1, -0.05) is 29.3 Å². The van der Waals surface area contributed by atoms with Gasteiger partial charge in [-0.3, -0.25) is 13.9 Å². The lowest BCUT2D eigenvalue weighted by molar-refractivity contribution is -0.115. The molecule has 0 radical (unpaired) electrons. The van der Waals surface area contributed by atoms with Gasteiger partial charge in [0.2, 0.25) is 5.95 Å². The number of hydrogen-bond donors (Lipinski definition) is 1. The Hall–Kier alpha value is -2.46. The fraction of sp³-hybridized carbons (Fsp3) is 0.312. The number of aromatic nitrogens is 4. The molecule has 150 valence electrons. The molecule has 0 saturated heterocycles. The molecule has 0 unspecified atom stereocenters. The normalized spacial score (nSPS) is 12.0. The standard InChI is InChI=1S/C16H14Cl2F3N5O2/c1-24-11-12(23-14(24)22-7-16(19,20)21)25(2)15(28)26(13(11)27)6-8-3-4-9(17)10(18)5-8/h3-5H,6-7H2,1-2H3,(H,22,23). The maximum atomic E-state index is 12.9. The molecule has 2 heterocycles. The van der Waals surface area contributed by atoms with Gasteiger partial charge in [-0.15, -0.1) is 0 Å². The number of imidazole rings is 1. The van der Waals surface area contributed by atoms with Crippen molar-refractivity contribution in [3.05, 3.63) is 54.6 Å². The van der Waals surface area contributed by atoms with Crippen molar-refractivity contribution >= 4 is 40.3 Å². The molecular weight excluding hydrogens is 422 g/mol. The maximum Gasteiger partial charge on any atom is 0.405 e. The zero-order valence-electron chi connectivity index (χ0n) is 14.6. The topological polar surface area (TPSA) is 73.8 Å². The number of benzene rings is 1. The number of rotatable bonds is 4. The van der Waals surface area contributed by atoms with Crippen molar-refractivity contribution in [3.63, 3.8) is 0 Å². The summed E-state index contributed by atoms with van der Waals surface area (Å²) in [6.45, 7) is -1.41. The first-order valence-corrected chi connectivity index (χ1v) is 8.66. The average Bonchev–Trinajstić information content (AvgIpc) is 2.94. The van der Waals surface area contributed by atoms with E-state index in [4.69, 9.17) is 23.2 Å². The van der Waals surface area contributed by atoms with Crippen LogP contribution >= 0.6 is 23.2 Å². The molecular formula is C16H14Cl2F3N5O2. The highest BCUT2D eigenvalue weighted by Crippen LogP contribution is 2.23. The summed E-state index contributed by atoms with van der Waals surface area (Å²) in [4.78, 5) is 29.5. The van der Waals surface area contributed by atoms with Crippen molar-refractivity contribution in [2.45, 2.75) is 12.7 Å². The Morgan fingerprint density at radius 1 is 1.11 bits per heavy atom. The van der Waals surface area contributed by atoms with Crippen molar-refractivity contribution in [1.82, 2.24) is 18.7 Å². The van der Waals surface area contributed by atoms with E-state index in [1.807, 2.05) is 0 Å². The highest BCUT2D eigenvalue weighted by Gasteiger charge is 2.28. The fourth-order valence-electron chi connectivity index (χ4n) is 2.74. The molecule has 7 nitrogen and oxygen atoms in total. The number of fused-ring (bicyclic) bond motifs is 1. The Morgan fingerprint density at radius 2 is 1.79 bits per heavy atom. The van der Waals surface area contributed by atoms with Gasteiger partial charge in [0, 0.05) is 14.1 Å². The number of alkyl halides is 3. The summed E-state index contributed by atoms with van der Waals surface area (Å²) < 4.78 is 40.7. The third-order valence-electron chi connectivity index (χ3n) is 4.13. The lowest BCUT2D eigenvalue weighted by Crippen LogP contribution is -2.39. The summed E-state index contributed by atoms with van der Waals surface area (Å²) in [6.07, 6.45) is -4.46. The smallest absolute Gasteiger partial charge is 0.346 e. The maximum absolute atomic E-state index is 12.9. The average molecular weight is 436 g/mol. The summed E-state index contributed by atoms with van der Waals surface area (Å²) in [5, 5.41) is 2.73. The van der Waals surface area contributed by atoms with Gasteiger partial charge in [-0.2, -0.15) is 18.2 Å². The minimum atomic E-state index is -4.46. The number of nitrogens with zero attached hydrogens (tertiary/aromatic N) is 4. The summed E-state index contributed by atoms with van der Waals surface area (Å²) >= 11 is 11.8. The van der Waals surface area contributed by atoms with Gasteiger partial charge in [0.15, 0.2) is 11.2 Å². The van der Waals surface area contributed by atoms with Gasteiger partial charge in [0.1, 0.15) is 6.54 Å². The van der Waals surface area contributed by atoms with Crippen LogP contribution in [-0.4, -0.2) is 31.4 Å². The molecule has 0 atom stereocenters. The van der Waals surface area contributed by atoms with E-state index in [-0.39, 0.29) is 28.7 Å². The number of hydrogen-bond acceptors (Lipinski definition) is 4. The van der Waals surface area contributed by atoms with Crippen LogP contribution in [0.15, 0.2) is 27.8 Å². The van der Waals surface area contributed by atoms with E-state index in [0.717, 1.165) is 9.13 Å². The Kier molecular flexibility index (Phi) is 5.20. The van der Waals surface area contributed by atoms with Crippen LogP contribution < -0.4 is 16.6 Å². The molecule has 3 aromatic rings. The zero-order chi connectivity index (χ0) is 20.8. The van der Waals surface area contributed by atoms with E-state index in [2.05, 4.69) is 10.3 Å². The van der Waals surface area contributed by atoms with Crippen molar-refractivity contribution in [2.24, 2.45) is 14.1 Å². The van der Waals surface area contributed by atoms with Crippen molar-refractivity contribution in [3.8, 4) is 0 Å². The number of aryl methyl sites for hydroxylation is 2. The van der Waals surface area contributed by atoms with E-state index < -0.39 is 24.0 Å². The van der Waals surface area contributed by atoms with Crippen molar-refractivity contribution in [2.75, 3.05) is 11.9 Å². The molecule has 3 rings (SSSR count). The van der Waals surface area contributed by atoms with E-state index in [1.165, 1.54) is 30.8 Å². The minimum Gasteiger partial charge on any atom is -0.346 e. The first-order valence-electron chi connectivity index (χ1n) is 7.90. The molecule has 12 heteroatoms. The zero-order valence-corrected chi connectivity index (χ0v) is 16.2. The molecule has 1 aromatic carbocycles. The van der Waals surface area contributed by atoms with Gasteiger partial charge in [0.05, 0.1) is 16.6 Å². The number of nitrogens with one attached hydrogen (secondary N) is 1. The van der Waals surface area contributed by atoms with Crippen LogP contribution in [0.1, 0.15) is 5.56 Å². The van der Waals surface area contributed by atoms with Gasteiger partial charge in [0.25, 0.3) is 5.56 Å². The first kappa shape index (κ1) is 20.3. The summed E-state index contributed by atoms with van der Waals surface area (Å²) in [6, 6.07) is 4.68. The summed E-state index contributed by atoms with van der Waals surface area (Å²) in [7, 11) is 2.78. The molecule has 2 aromatic heterocycles. The fourth-order valence-corrected chi connectivity index (χ4v) is 3.06. The van der Waals surface area contributed by atoms with Crippen LogP contribution in [0.5, 0.6) is 0 Å². The van der Waals surface area contributed by atoms with Gasteiger partial charge in [-0.05, 0) is 17.7 Å². The van der Waals surface area contributed by atoms with E-state index in [0.29, 0.717) is 10.6 Å². The third-order valence-corrected chi connectivity index (χ3v) is 4.87. The van der Waals surface area contributed by atoms with E-state index >= 15 is 0 Å². The lowest BCUT2D eigenvalue weighted by Gasteiger charge is -2.10. The van der Waals surface area contributed by atoms with Crippen molar-refractivity contribution in [1.29, 1.82) is 0 Å². The quantitative estimate of drug-likeness (QED) is 0.683. The summed E-state index contributed by atoms with van der Waals surface area (Å²) in [5.41, 5.74) is -0.812. The van der Waals surface area contributed by atoms with Crippen molar-refractivity contribution < 1.29 is 13.2 Å². The largest absolute Gasteiger partial charge is 0.405 e. The lowest BCUT2D eigenvalue weighted by atomic mass is 10.2. The molecule has 0 saturated carbocycles. The summed E-state index contributed by atoms with van der Waals surface area (Å²) in [5.74, 6) is -0.174. The first-order chi connectivity index (χ1) is 13.0. The number of halogens is 5. The Bertz CT molecular complexity index is 1180. The van der Waals surface area contributed by atoms with Gasteiger partial charge < -0.3 is 9.88 Å². The highest BCUT2D eigenvalue weighted by atomic mass is 35.5. The number of anilines is 1. The second-order valence-corrected chi connectivity index (χ2v) is 6.93. The van der Waals surface area contributed by atoms with Crippen LogP contribution in [0.25, 0.3) is 11.2 Å². The molecule has 1 N–H and O–H groups in total. The molecule has 0 amide bonds. The second kappa shape index (κ2) is 7.17. The van der Waals surface area contributed by atoms with Crippen LogP contribution in [0, 0.1) is 0 Å². The Balaban J connectivity index is 2.12. The van der Waals surface area contributed by atoms with E-state index in [1.54, 1.807) is 6.07 Å². The van der Waals surface area contributed by atoms with Gasteiger partial charge in [-0.25, -0.2) is 4.79 Å². The SMILES string of the molecule is Cn1c(NCC(F)(F)F)nc2c1c(=O)n(Cc1ccc(Cl)c(Cl)c1)c(=O)n2C. The Morgan fingerprint density at radius 3 is 2.39 bits per heavy atom. The van der Waals surface area contributed by atoms with Gasteiger partial charge >= 0.3 is 11.9 Å². The third kappa shape index (κ3) is 3.74. The predicted octanol–water partition coefficient (Wildman–Crippen LogP) is 2.76. The van der Waals surface area contributed by atoms with Crippen LogP contribution in [-0.2, 0) is 20.6 Å². The second-order valence-electron chi connectivity index (χ2n) is 6.12. The van der Waals surface area contributed by atoms with Crippen LogP contribution in [0.3, 0.4) is 0 Å². The molecule has 0 fully saturated rings. The monoisotopic (exact) mass is 435 g/mol. The predicted molar refractivity (Wildman–Crippen MR) is 100 cm³/mol. The van der Waals surface area contributed by atoms with Crippen LogP contribution in [0.2, 0.25) is 10.0 Å².